The van der Waals surface area contributed by atoms with E-state index in [4.69, 9.17) is 4.74 Å². The second kappa shape index (κ2) is 6.46. The van der Waals surface area contributed by atoms with Gasteiger partial charge in [0.15, 0.2) is 0 Å². The van der Waals surface area contributed by atoms with E-state index in [9.17, 15) is 4.79 Å². The summed E-state index contributed by atoms with van der Waals surface area (Å²) in [5.74, 6) is 0.752. The van der Waals surface area contributed by atoms with Crippen LogP contribution in [0.4, 0.5) is 5.69 Å². The predicted octanol–water partition coefficient (Wildman–Crippen LogP) is 5.85. The van der Waals surface area contributed by atoms with E-state index in [2.05, 4.69) is 49.3 Å². The highest BCUT2D eigenvalue weighted by Crippen LogP contribution is 2.46. The topological polar surface area (TPSA) is 38.3 Å². The average Bonchev–Trinajstić information content (AvgIpc) is 2.62. The van der Waals surface area contributed by atoms with Gasteiger partial charge in [0.1, 0.15) is 5.75 Å². The number of benzene rings is 3. The molecular formula is C20H15Br2NO2. The fraction of sp³-hybridized carbons (Fsp3) is 0.150. The Morgan fingerprint density at radius 2 is 1.80 bits per heavy atom. The Hall–Kier alpha value is -1.85. The molecule has 1 amide bonds. The molecular weight excluding hydrogens is 446 g/mol. The van der Waals surface area contributed by atoms with E-state index >= 15 is 0 Å². The van der Waals surface area contributed by atoms with Gasteiger partial charge in [0.2, 0.25) is 5.91 Å². The minimum atomic E-state index is -0.0582. The van der Waals surface area contributed by atoms with Crippen LogP contribution in [0.15, 0.2) is 57.5 Å². The molecule has 0 saturated carbocycles. The predicted molar refractivity (Wildman–Crippen MR) is 107 cm³/mol. The zero-order valence-corrected chi connectivity index (χ0v) is 16.6. The Balaban J connectivity index is 2.00. The lowest BCUT2D eigenvalue weighted by molar-refractivity contribution is -0.116. The van der Waals surface area contributed by atoms with E-state index in [0.717, 1.165) is 42.3 Å². The molecule has 1 heterocycles. The summed E-state index contributed by atoms with van der Waals surface area (Å²) in [6, 6.07) is 16.1. The molecule has 4 rings (SSSR count). The fourth-order valence-corrected chi connectivity index (χ4v) is 4.48. The van der Waals surface area contributed by atoms with E-state index < -0.39 is 0 Å². The first-order valence-corrected chi connectivity index (χ1v) is 9.51. The largest absolute Gasteiger partial charge is 0.496 e. The van der Waals surface area contributed by atoms with E-state index in [1.807, 2.05) is 36.4 Å². The van der Waals surface area contributed by atoms with Gasteiger partial charge < -0.3 is 10.1 Å². The lowest BCUT2D eigenvalue weighted by Gasteiger charge is -2.29. The fourth-order valence-electron chi connectivity index (χ4n) is 3.51. The molecule has 1 aliphatic rings. The number of hydrogen-bond acceptors (Lipinski definition) is 2. The highest BCUT2D eigenvalue weighted by atomic mass is 79.9. The number of halogens is 2. The summed E-state index contributed by atoms with van der Waals surface area (Å²) in [6.07, 6.45) is 0.393. The Bertz CT molecular complexity index is 1000. The summed E-state index contributed by atoms with van der Waals surface area (Å²) < 4.78 is 7.55. The summed E-state index contributed by atoms with van der Waals surface area (Å²) in [7, 11) is 1.66. The number of nitrogens with one attached hydrogen (secondary N) is 1. The molecule has 0 bridgehead atoms. The number of hydrogen-bond donors (Lipinski definition) is 1. The zero-order chi connectivity index (χ0) is 17.6. The molecule has 1 atom stereocenters. The van der Waals surface area contributed by atoms with Crippen molar-refractivity contribution < 1.29 is 9.53 Å². The lowest BCUT2D eigenvalue weighted by atomic mass is 9.83. The summed E-state index contributed by atoms with van der Waals surface area (Å²) >= 11 is 7.22. The minimum Gasteiger partial charge on any atom is -0.496 e. The highest BCUT2D eigenvalue weighted by molar-refractivity contribution is 9.11. The van der Waals surface area contributed by atoms with Crippen LogP contribution in [0.3, 0.4) is 0 Å². The number of amides is 1. The molecule has 0 fully saturated rings. The summed E-state index contributed by atoms with van der Waals surface area (Å²) in [5.41, 5.74) is 3.00. The molecule has 0 spiro atoms. The maximum Gasteiger partial charge on any atom is 0.225 e. The van der Waals surface area contributed by atoms with Crippen LogP contribution < -0.4 is 10.1 Å². The number of carbonyl (C=O) groups excluding carboxylic acids is 1. The molecule has 3 nitrogen and oxygen atoms in total. The first-order valence-electron chi connectivity index (χ1n) is 7.93. The SMILES string of the molecule is COc1ccc(Br)cc1[C@@H]1CC(=O)Nc2c1cc(Br)c1ccccc21. The van der Waals surface area contributed by atoms with Crippen molar-refractivity contribution in [3.8, 4) is 5.75 Å². The minimum absolute atomic E-state index is 0.0204. The molecule has 5 heteroatoms. The zero-order valence-electron chi connectivity index (χ0n) is 13.5. The number of fused-ring (bicyclic) bond motifs is 3. The second-order valence-corrected chi connectivity index (χ2v) is 7.83. The van der Waals surface area contributed by atoms with Crippen LogP contribution in [0.2, 0.25) is 0 Å². The highest BCUT2D eigenvalue weighted by Gasteiger charge is 2.30. The van der Waals surface area contributed by atoms with Crippen molar-refractivity contribution in [2.75, 3.05) is 12.4 Å². The summed E-state index contributed by atoms with van der Waals surface area (Å²) in [4.78, 5) is 12.4. The Kier molecular flexibility index (Phi) is 4.29. The Morgan fingerprint density at radius 3 is 2.56 bits per heavy atom. The monoisotopic (exact) mass is 459 g/mol. The quantitative estimate of drug-likeness (QED) is 0.521. The average molecular weight is 461 g/mol. The third kappa shape index (κ3) is 2.85. The third-order valence-corrected chi connectivity index (χ3v) is 5.77. The summed E-state index contributed by atoms with van der Waals surface area (Å²) in [5, 5.41) is 5.20. The van der Waals surface area contributed by atoms with E-state index in [0.29, 0.717) is 6.42 Å². The number of ether oxygens (including phenoxy) is 1. The number of carbonyl (C=O) groups is 1. The molecule has 0 radical (unpaired) electrons. The number of anilines is 1. The Morgan fingerprint density at radius 1 is 1.04 bits per heavy atom. The van der Waals surface area contributed by atoms with Gasteiger partial charge in [0.05, 0.1) is 12.8 Å². The normalized spacial score (nSPS) is 16.4. The van der Waals surface area contributed by atoms with Crippen molar-refractivity contribution >= 4 is 54.2 Å². The van der Waals surface area contributed by atoms with E-state index in [1.54, 1.807) is 7.11 Å². The van der Waals surface area contributed by atoms with Gasteiger partial charge in [-0.05, 0) is 35.2 Å². The van der Waals surface area contributed by atoms with Crippen molar-refractivity contribution in [1.29, 1.82) is 0 Å². The molecule has 1 N–H and O–H groups in total. The van der Waals surface area contributed by atoms with Crippen LogP contribution in [-0.4, -0.2) is 13.0 Å². The first kappa shape index (κ1) is 16.6. The molecule has 1 aliphatic heterocycles. The number of rotatable bonds is 2. The van der Waals surface area contributed by atoms with Crippen molar-refractivity contribution in [1.82, 2.24) is 0 Å². The molecule has 0 aromatic heterocycles. The smallest absolute Gasteiger partial charge is 0.225 e. The van der Waals surface area contributed by atoms with E-state index in [1.165, 1.54) is 0 Å². The van der Waals surface area contributed by atoms with Gasteiger partial charge in [-0.1, -0.05) is 56.1 Å². The van der Waals surface area contributed by atoms with Crippen molar-refractivity contribution in [2.24, 2.45) is 0 Å². The van der Waals surface area contributed by atoms with Gasteiger partial charge in [-0.15, -0.1) is 0 Å². The van der Waals surface area contributed by atoms with Crippen LogP contribution in [0.5, 0.6) is 5.75 Å². The third-order valence-electron chi connectivity index (χ3n) is 4.62. The first-order chi connectivity index (χ1) is 12.1. The lowest BCUT2D eigenvalue weighted by Crippen LogP contribution is -2.24. The molecule has 0 unspecified atom stereocenters. The van der Waals surface area contributed by atoms with Gasteiger partial charge in [-0.2, -0.15) is 0 Å². The molecule has 126 valence electrons. The van der Waals surface area contributed by atoms with Crippen LogP contribution in [-0.2, 0) is 4.79 Å². The van der Waals surface area contributed by atoms with Crippen molar-refractivity contribution in [3.05, 3.63) is 68.6 Å². The second-order valence-electron chi connectivity index (χ2n) is 6.06. The molecule has 0 aliphatic carbocycles. The van der Waals surface area contributed by atoms with Crippen LogP contribution in [0.1, 0.15) is 23.5 Å². The molecule has 3 aromatic carbocycles. The van der Waals surface area contributed by atoms with Gasteiger partial charge in [0, 0.05) is 32.2 Å². The molecule has 0 saturated heterocycles. The maximum atomic E-state index is 12.4. The van der Waals surface area contributed by atoms with Crippen LogP contribution in [0.25, 0.3) is 10.8 Å². The van der Waals surface area contributed by atoms with Crippen molar-refractivity contribution in [3.63, 3.8) is 0 Å². The summed E-state index contributed by atoms with van der Waals surface area (Å²) in [6.45, 7) is 0. The molecule has 3 aromatic rings. The Labute approximate surface area is 162 Å². The molecule has 25 heavy (non-hydrogen) atoms. The van der Waals surface area contributed by atoms with Crippen LogP contribution >= 0.6 is 31.9 Å². The van der Waals surface area contributed by atoms with Gasteiger partial charge >= 0.3 is 0 Å². The van der Waals surface area contributed by atoms with E-state index in [-0.39, 0.29) is 11.8 Å². The van der Waals surface area contributed by atoms with Gasteiger partial charge in [-0.25, -0.2) is 0 Å². The van der Waals surface area contributed by atoms with Gasteiger partial charge in [-0.3, -0.25) is 4.79 Å². The number of methoxy groups -OCH3 is 1. The van der Waals surface area contributed by atoms with Gasteiger partial charge in [0.25, 0.3) is 0 Å². The van der Waals surface area contributed by atoms with Crippen molar-refractivity contribution in [2.45, 2.75) is 12.3 Å². The maximum absolute atomic E-state index is 12.4. The standard InChI is InChI=1S/C20H15Br2NO2/c1-25-18-7-6-11(21)8-15(18)14-10-19(24)23-20-13-5-3-2-4-12(13)17(22)9-16(14)20/h2-9,14H,10H2,1H3,(H,23,24)/t14-/m0/s1. The van der Waals surface area contributed by atoms with Crippen LogP contribution in [0, 0.1) is 0 Å².